The fraction of sp³-hybridized carbons (Fsp3) is 0.0870. The molecule has 0 saturated heterocycles. The van der Waals surface area contributed by atoms with Crippen LogP contribution in [-0.4, -0.2) is 19.5 Å². The third-order valence-electron chi connectivity index (χ3n) is 4.30. The van der Waals surface area contributed by atoms with Crippen LogP contribution in [0.5, 0.6) is 0 Å². The number of rotatable bonds is 8. The molecule has 3 aromatic carbocycles. The van der Waals surface area contributed by atoms with Crippen LogP contribution in [0.15, 0.2) is 84.3 Å². The van der Waals surface area contributed by atoms with Crippen LogP contribution in [0.2, 0.25) is 0 Å². The van der Waals surface area contributed by atoms with Gasteiger partial charge < -0.3 is 5.11 Å². The van der Waals surface area contributed by atoms with Crippen LogP contribution in [0.3, 0.4) is 0 Å². The van der Waals surface area contributed by atoms with E-state index in [1.165, 1.54) is 0 Å². The molecule has 0 radical (unpaired) electrons. The summed E-state index contributed by atoms with van der Waals surface area (Å²) in [6.07, 6.45) is 2.87. The molecule has 0 spiro atoms. The van der Waals surface area contributed by atoms with Gasteiger partial charge in [-0.2, -0.15) is 0 Å². The summed E-state index contributed by atoms with van der Waals surface area (Å²) in [4.78, 5) is 11.1. The van der Waals surface area contributed by atoms with Gasteiger partial charge in [-0.25, -0.2) is 13.2 Å². The molecule has 0 atom stereocenters. The molecule has 0 unspecified atom stereocenters. The molecule has 0 aromatic heterocycles. The number of hydrogen-bond acceptors (Lipinski definition) is 3. The maximum absolute atomic E-state index is 12.3. The second-order valence-electron chi connectivity index (χ2n) is 6.57. The lowest BCUT2D eigenvalue weighted by molar-refractivity contribution is 0.0696. The molecule has 0 saturated carbocycles. The van der Waals surface area contributed by atoms with E-state index in [0.29, 0.717) is 18.5 Å². The molecule has 0 aliphatic rings. The maximum Gasteiger partial charge on any atom is 0.335 e. The SMILES string of the molecule is O=C(O)c1cccc(CCc2cccc(NS(=O)(=O)/C=C/c3ccccc3)c2)c1. The molecule has 0 bridgehead atoms. The quantitative estimate of drug-likeness (QED) is 0.572. The maximum atomic E-state index is 12.3. The Balaban J connectivity index is 1.65. The second kappa shape index (κ2) is 9.21. The van der Waals surface area contributed by atoms with Crippen LogP contribution < -0.4 is 4.72 Å². The Labute approximate surface area is 170 Å². The van der Waals surface area contributed by atoms with Crippen molar-refractivity contribution in [1.82, 2.24) is 0 Å². The summed E-state index contributed by atoms with van der Waals surface area (Å²) in [5, 5.41) is 10.2. The summed E-state index contributed by atoms with van der Waals surface area (Å²) in [5.74, 6) is -0.952. The predicted octanol–water partition coefficient (Wildman–Crippen LogP) is 4.58. The van der Waals surface area contributed by atoms with Crippen LogP contribution in [0.1, 0.15) is 27.0 Å². The second-order valence-corrected chi connectivity index (χ2v) is 8.13. The molecular formula is C23H21NO4S. The first-order valence-electron chi connectivity index (χ1n) is 9.08. The number of sulfonamides is 1. The Morgan fingerprint density at radius 2 is 1.52 bits per heavy atom. The van der Waals surface area contributed by atoms with E-state index in [9.17, 15) is 13.2 Å². The lowest BCUT2D eigenvalue weighted by Crippen LogP contribution is -2.09. The first kappa shape index (κ1) is 20.4. The standard InChI is InChI=1S/C23H21NO4S/c25-23(26)21-10-4-8-19(16-21)12-13-20-9-5-11-22(17-20)24-29(27,28)15-14-18-6-2-1-3-7-18/h1-11,14-17,24H,12-13H2,(H,25,26)/b15-14+. The molecule has 3 rings (SSSR count). The van der Waals surface area contributed by atoms with Gasteiger partial charge in [0.15, 0.2) is 0 Å². The molecule has 6 heteroatoms. The highest BCUT2D eigenvalue weighted by atomic mass is 32.2. The average Bonchev–Trinajstić information content (AvgIpc) is 2.72. The molecule has 5 nitrogen and oxygen atoms in total. The van der Waals surface area contributed by atoms with Crippen molar-refractivity contribution >= 4 is 27.8 Å². The third-order valence-corrected chi connectivity index (χ3v) is 5.32. The van der Waals surface area contributed by atoms with Gasteiger partial charge in [0.05, 0.1) is 11.0 Å². The Morgan fingerprint density at radius 1 is 0.862 bits per heavy atom. The number of hydrogen-bond donors (Lipinski definition) is 2. The Bertz CT molecular complexity index is 1120. The summed E-state index contributed by atoms with van der Waals surface area (Å²) < 4.78 is 27.2. The van der Waals surface area contributed by atoms with Gasteiger partial charge in [-0.3, -0.25) is 4.72 Å². The zero-order chi connectivity index (χ0) is 20.7. The van der Waals surface area contributed by atoms with Crippen molar-refractivity contribution in [2.24, 2.45) is 0 Å². The molecule has 3 aromatic rings. The summed E-state index contributed by atoms with van der Waals surface area (Å²) in [6.45, 7) is 0. The number of nitrogens with one attached hydrogen (secondary N) is 1. The number of carbonyl (C=O) groups is 1. The number of aromatic carboxylic acids is 1. The van der Waals surface area contributed by atoms with Crippen molar-refractivity contribution < 1.29 is 18.3 Å². The topological polar surface area (TPSA) is 83.5 Å². The highest BCUT2D eigenvalue weighted by Crippen LogP contribution is 2.16. The van der Waals surface area contributed by atoms with E-state index in [4.69, 9.17) is 5.11 Å². The van der Waals surface area contributed by atoms with E-state index < -0.39 is 16.0 Å². The first-order valence-corrected chi connectivity index (χ1v) is 10.6. The molecule has 148 valence electrons. The summed E-state index contributed by atoms with van der Waals surface area (Å²) in [6, 6.07) is 23.2. The molecule has 29 heavy (non-hydrogen) atoms. The number of anilines is 1. The molecular weight excluding hydrogens is 386 g/mol. The van der Waals surface area contributed by atoms with E-state index in [-0.39, 0.29) is 5.56 Å². The van der Waals surface area contributed by atoms with E-state index in [0.717, 1.165) is 22.1 Å². The number of carboxylic acids is 1. The van der Waals surface area contributed by atoms with Crippen molar-refractivity contribution in [2.75, 3.05) is 4.72 Å². The first-order chi connectivity index (χ1) is 13.9. The van der Waals surface area contributed by atoms with Gasteiger partial charge in [0.2, 0.25) is 0 Å². The fourth-order valence-electron chi connectivity index (χ4n) is 2.87. The Morgan fingerprint density at radius 3 is 2.21 bits per heavy atom. The van der Waals surface area contributed by atoms with Gasteiger partial charge in [0.1, 0.15) is 0 Å². The van der Waals surface area contributed by atoms with E-state index in [2.05, 4.69) is 4.72 Å². The molecule has 0 fully saturated rings. The number of benzene rings is 3. The Kier molecular flexibility index (Phi) is 6.46. The predicted molar refractivity (Wildman–Crippen MR) is 115 cm³/mol. The van der Waals surface area contributed by atoms with Crippen molar-refractivity contribution in [2.45, 2.75) is 12.8 Å². The van der Waals surface area contributed by atoms with Gasteiger partial charge in [-0.1, -0.05) is 54.6 Å². The Hall–Kier alpha value is -3.38. The van der Waals surface area contributed by atoms with Crippen molar-refractivity contribution in [3.05, 3.63) is 107 Å². The zero-order valence-electron chi connectivity index (χ0n) is 15.7. The summed E-state index contributed by atoms with van der Waals surface area (Å²) in [5.41, 5.74) is 3.42. The molecule has 0 aliphatic carbocycles. The highest BCUT2D eigenvalue weighted by molar-refractivity contribution is 7.95. The molecule has 0 heterocycles. The van der Waals surface area contributed by atoms with Gasteiger partial charge in [-0.05, 0) is 59.9 Å². The minimum atomic E-state index is -3.63. The van der Waals surface area contributed by atoms with Crippen LogP contribution in [0, 0.1) is 0 Å². The largest absolute Gasteiger partial charge is 0.478 e. The monoisotopic (exact) mass is 407 g/mol. The van der Waals surface area contributed by atoms with Crippen LogP contribution in [-0.2, 0) is 22.9 Å². The van der Waals surface area contributed by atoms with E-state index >= 15 is 0 Å². The molecule has 0 amide bonds. The number of aryl methyl sites for hydroxylation is 2. The molecule has 2 N–H and O–H groups in total. The average molecular weight is 407 g/mol. The minimum Gasteiger partial charge on any atom is -0.478 e. The highest BCUT2D eigenvalue weighted by Gasteiger charge is 2.07. The van der Waals surface area contributed by atoms with Gasteiger partial charge >= 0.3 is 5.97 Å². The van der Waals surface area contributed by atoms with Crippen LogP contribution >= 0.6 is 0 Å². The van der Waals surface area contributed by atoms with Gasteiger partial charge in [-0.15, -0.1) is 0 Å². The van der Waals surface area contributed by atoms with Crippen molar-refractivity contribution in [3.8, 4) is 0 Å². The third kappa shape index (κ3) is 6.33. The fourth-order valence-corrected chi connectivity index (χ4v) is 3.73. The number of carboxylic acid groups (broad SMARTS) is 1. The van der Waals surface area contributed by atoms with E-state index in [1.807, 2.05) is 42.5 Å². The normalized spacial score (nSPS) is 11.4. The van der Waals surface area contributed by atoms with Crippen LogP contribution in [0.25, 0.3) is 6.08 Å². The van der Waals surface area contributed by atoms with Gasteiger partial charge in [0.25, 0.3) is 10.0 Å². The summed E-state index contributed by atoms with van der Waals surface area (Å²) >= 11 is 0. The lowest BCUT2D eigenvalue weighted by atomic mass is 10.0. The lowest BCUT2D eigenvalue weighted by Gasteiger charge is -2.08. The van der Waals surface area contributed by atoms with Crippen LogP contribution in [0.4, 0.5) is 5.69 Å². The minimum absolute atomic E-state index is 0.259. The van der Waals surface area contributed by atoms with Crippen molar-refractivity contribution in [1.29, 1.82) is 0 Å². The van der Waals surface area contributed by atoms with Gasteiger partial charge in [0, 0.05) is 5.69 Å². The summed E-state index contributed by atoms with van der Waals surface area (Å²) in [7, 11) is -3.63. The smallest absolute Gasteiger partial charge is 0.335 e. The van der Waals surface area contributed by atoms with E-state index in [1.54, 1.807) is 42.5 Å². The van der Waals surface area contributed by atoms with Crippen molar-refractivity contribution in [3.63, 3.8) is 0 Å². The molecule has 0 aliphatic heterocycles. The zero-order valence-corrected chi connectivity index (χ0v) is 16.5.